The molecule has 2 aromatic carbocycles. The Balaban J connectivity index is 1.47. The third-order valence-electron chi connectivity index (χ3n) is 6.38. The summed E-state index contributed by atoms with van der Waals surface area (Å²) in [7, 11) is 1.66. The molecule has 2 heterocycles. The van der Waals surface area contributed by atoms with Crippen LogP contribution in [0.1, 0.15) is 23.1 Å². The number of methoxy groups -OCH3 is 1. The molecule has 0 aliphatic carbocycles. The zero-order valence-electron chi connectivity index (χ0n) is 20.5. The van der Waals surface area contributed by atoms with Crippen molar-refractivity contribution in [2.24, 2.45) is 0 Å². The number of aromatic amines is 1. The van der Waals surface area contributed by atoms with Gasteiger partial charge in [0.1, 0.15) is 5.75 Å². The average molecular weight is 495 g/mol. The first-order valence-electron chi connectivity index (χ1n) is 12.1. The smallest absolute Gasteiger partial charge is 0.253 e. The first kappa shape index (κ1) is 25.2. The van der Waals surface area contributed by atoms with E-state index >= 15 is 0 Å². The third-order valence-corrected chi connectivity index (χ3v) is 6.78. The van der Waals surface area contributed by atoms with Crippen molar-refractivity contribution < 1.29 is 9.47 Å². The molecule has 0 atom stereocenters. The normalized spacial score (nSPS) is 14.1. The van der Waals surface area contributed by atoms with E-state index in [-0.39, 0.29) is 5.56 Å². The summed E-state index contributed by atoms with van der Waals surface area (Å²) in [6.45, 7) is 8.39. The number of nitrogens with one attached hydrogen (secondary N) is 2. The molecule has 35 heavy (non-hydrogen) atoms. The number of aromatic nitrogens is 1. The van der Waals surface area contributed by atoms with Gasteiger partial charge in [-0.15, -0.1) is 0 Å². The standard InChI is InChI=1S/C27H34N4O3S/c1-20-5-3-6-22-17-23(26(32)29-25(20)22)19-31(18-21-7-9-24(33-2)10-8-21)27(35)28-11-4-12-30-13-15-34-16-14-30/h3,5-10,17H,4,11-16,18-19H2,1-2H3,(H,28,35)(H,29,32). The van der Waals surface area contributed by atoms with Crippen molar-refractivity contribution in [1.29, 1.82) is 0 Å². The second-order valence-corrected chi connectivity index (χ2v) is 9.29. The minimum atomic E-state index is -0.0818. The molecule has 0 spiro atoms. The summed E-state index contributed by atoms with van der Waals surface area (Å²) in [5.74, 6) is 0.811. The zero-order chi connectivity index (χ0) is 24.6. The fourth-order valence-corrected chi connectivity index (χ4v) is 4.57. The SMILES string of the molecule is COc1ccc(CN(Cc2cc3cccc(C)c3[nH]c2=O)C(=S)NCCCN2CCOCC2)cc1. The first-order chi connectivity index (χ1) is 17.0. The molecule has 1 aromatic heterocycles. The van der Waals surface area contributed by atoms with Gasteiger partial charge in [-0.3, -0.25) is 9.69 Å². The van der Waals surface area contributed by atoms with E-state index < -0.39 is 0 Å². The molecule has 7 nitrogen and oxygen atoms in total. The summed E-state index contributed by atoms with van der Waals surface area (Å²) in [5, 5.41) is 5.08. The molecule has 1 aliphatic rings. The highest BCUT2D eigenvalue weighted by Gasteiger charge is 2.15. The lowest BCUT2D eigenvalue weighted by Gasteiger charge is -2.28. The van der Waals surface area contributed by atoms with Crippen LogP contribution in [0.5, 0.6) is 5.75 Å². The van der Waals surface area contributed by atoms with E-state index in [0.29, 0.717) is 23.8 Å². The average Bonchev–Trinajstić information content (AvgIpc) is 2.88. The van der Waals surface area contributed by atoms with Gasteiger partial charge in [0.25, 0.3) is 5.56 Å². The summed E-state index contributed by atoms with van der Waals surface area (Å²) in [5.41, 5.74) is 3.64. The molecule has 186 valence electrons. The molecule has 1 aliphatic heterocycles. The molecule has 0 saturated carbocycles. The van der Waals surface area contributed by atoms with Gasteiger partial charge in [0.15, 0.2) is 5.11 Å². The molecular formula is C27H34N4O3S. The predicted molar refractivity (Wildman–Crippen MR) is 144 cm³/mol. The van der Waals surface area contributed by atoms with Gasteiger partial charge in [-0.25, -0.2) is 0 Å². The van der Waals surface area contributed by atoms with Gasteiger partial charge in [-0.2, -0.15) is 0 Å². The quantitative estimate of drug-likeness (QED) is 0.349. The van der Waals surface area contributed by atoms with Gasteiger partial charge < -0.3 is 24.7 Å². The van der Waals surface area contributed by atoms with E-state index in [2.05, 4.69) is 20.1 Å². The van der Waals surface area contributed by atoms with Gasteiger partial charge >= 0.3 is 0 Å². The van der Waals surface area contributed by atoms with E-state index in [1.54, 1.807) is 7.11 Å². The number of nitrogens with zero attached hydrogens (tertiary/aromatic N) is 2. The molecule has 8 heteroatoms. The maximum atomic E-state index is 12.9. The van der Waals surface area contributed by atoms with Crippen molar-refractivity contribution in [3.8, 4) is 5.75 Å². The number of fused-ring (bicyclic) bond motifs is 1. The lowest BCUT2D eigenvalue weighted by atomic mass is 10.1. The van der Waals surface area contributed by atoms with Crippen LogP contribution in [0.2, 0.25) is 0 Å². The van der Waals surface area contributed by atoms with Gasteiger partial charge in [0.2, 0.25) is 0 Å². The first-order valence-corrected chi connectivity index (χ1v) is 12.5. The Hall–Kier alpha value is -2.94. The Morgan fingerprint density at radius 2 is 1.94 bits per heavy atom. The van der Waals surface area contributed by atoms with Crippen LogP contribution in [0.3, 0.4) is 0 Å². The number of rotatable bonds is 9. The van der Waals surface area contributed by atoms with Crippen LogP contribution < -0.4 is 15.6 Å². The summed E-state index contributed by atoms with van der Waals surface area (Å²) in [4.78, 5) is 20.5. The van der Waals surface area contributed by atoms with E-state index in [9.17, 15) is 4.79 Å². The number of benzene rings is 2. The van der Waals surface area contributed by atoms with Crippen molar-refractivity contribution in [1.82, 2.24) is 20.1 Å². The molecule has 3 aromatic rings. The number of H-pyrrole nitrogens is 1. The number of thiocarbonyl (C=S) groups is 1. The molecule has 0 amide bonds. The van der Waals surface area contributed by atoms with Crippen LogP contribution in [-0.4, -0.2) is 66.4 Å². The Morgan fingerprint density at radius 1 is 1.17 bits per heavy atom. The van der Waals surface area contributed by atoms with Crippen LogP contribution in [0, 0.1) is 6.92 Å². The molecule has 2 N–H and O–H groups in total. The van der Waals surface area contributed by atoms with E-state index in [4.69, 9.17) is 21.7 Å². The highest BCUT2D eigenvalue weighted by Crippen LogP contribution is 2.18. The van der Waals surface area contributed by atoms with Crippen LogP contribution in [-0.2, 0) is 17.8 Å². The largest absolute Gasteiger partial charge is 0.497 e. The van der Waals surface area contributed by atoms with Gasteiger partial charge in [0, 0.05) is 31.7 Å². The minimum absolute atomic E-state index is 0.0818. The molecule has 1 saturated heterocycles. The van der Waals surface area contributed by atoms with Crippen molar-refractivity contribution in [2.45, 2.75) is 26.4 Å². The Morgan fingerprint density at radius 3 is 2.69 bits per heavy atom. The number of morpholine rings is 1. The highest BCUT2D eigenvalue weighted by molar-refractivity contribution is 7.80. The topological polar surface area (TPSA) is 69.8 Å². The van der Waals surface area contributed by atoms with Crippen LogP contribution in [0.15, 0.2) is 53.3 Å². The maximum absolute atomic E-state index is 12.9. The molecule has 0 bridgehead atoms. The fraction of sp³-hybridized carbons (Fsp3) is 0.407. The van der Waals surface area contributed by atoms with E-state index in [1.165, 1.54) is 0 Å². The number of pyridine rings is 1. The number of para-hydroxylation sites is 1. The molecule has 4 rings (SSSR count). The molecular weight excluding hydrogens is 460 g/mol. The lowest BCUT2D eigenvalue weighted by molar-refractivity contribution is 0.0376. The van der Waals surface area contributed by atoms with Gasteiger partial charge in [0.05, 0.1) is 32.4 Å². The van der Waals surface area contributed by atoms with Gasteiger partial charge in [-0.05, 0) is 66.8 Å². The minimum Gasteiger partial charge on any atom is -0.497 e. The summed E-state index contributed by atoms with van der Waals surface area (Å²) >= 11 is 5.80. The number of aryl methyl sites for hydroxylation is 1. The highest BCUT2D eigenvalue weighted by atomic mass is 32.1. The maximum Gasteiger partial charge on any atom is 0.253 e. The fourth-order valence-electron chi connectivity index (χ4n) is 4.34. The van der Waals surface area contributed by atoms with E-state index in [0.717, 1.165) is 73.6 Å². The van der Waals surface area contributed by atoms with E-state index in [1.807, 2.05) is 55.5 Å². The summed E-state index contributed by atoms with van der Waals surface area (Å²) in [6, 6.07) is 16.0. The molecule has 1 fully saturated rings. The predicted octanol–water partition coefficient (Wildman–Crippen LogP) is 3.44. The van der Waals surface area contributed by atoms with Crippen molar-refractivity contribution in [3.63, 3.8) is 0 Å². The Kier molecular flexibility index (Phi) is 8.74. The second kappa shape index (κ2) is 12.2. The second-order valence-electron chi connectivity index (χ2n) is 8.91. The van der Waals surface area contributed by atoms with Crippen LogP contribution in [0.25, 0.3) is 10.9 Å². The summed E-state index contributed by atoms with van der Waals surface area (Å²) < 4.78 is 10.7. The van der Waals surface area contributed by atoms with Crippen molar-refractivity contribution >= 4 is 28.2 Å². The van der Waals surface area contributed by atoms with Crippen LogP contribution >= 0.6 is 12.2 Å². The lowest BCUT2D eigenvalue weighted by Crippen LogP contribution is -2.42. The molecule has 0 unspecified atom stereocenters. The van der Waals surface area contributed by atoms with Gasteiger partial charge in [-0.1, -0.05) is 30.3 Å². The number of hydrogen-bond donors (Lipinski definition) is 2. The number of ether oxygens (including phenoxy) is 2. The zero-order valence-corrected chi connectivity index (χ0v) is 21.3. The van der Waals surface area contributed by atoms with Crippen molar-refractivity contribution in [2.75, 3.05) is 46.5 Å². The molecule has 0 radical (unpaired) electrons. The monoisotopic (exact) mass is 494 g/mol. The number of hydrogen-bond acceptors (Lipinski definition) is 5. The van der Waals surface area contributed by atoms with Crippen LogP contribution in [0.4, 0.5) is 0 Å². The Bertz CT molecular complexity index is 1190. The third kappa shape index (κ3) is 6.81. The Labute approximate surface area is 212 Å². The van der Waals surface area contributed by atoms with Crippen molar-refractivity contribution in [3.05, 3.63) is 75.6 Å². The summed E-state index contributed by atoms with van der Waals surface area (Å²) in [6.07, 6.45) is 0.992.